The lowest BCUT2D eigenvalue weighted by Gasteiger charge is -2.28. The van der Waals surface area contributed by atoms with Gasteiger partial charge in [-0.3, -0.25) is 4.79 Å². The number of nitrogens with zero attached hydrogens (tertiary/aromatic N) is 3. The minimum absolute atomic E-state index is 0.174. The molecule has 7 nitrogen and oxygen atoms in total. The number of aromatic hydroxyl groups is 1. The highest BCUT2D eigenvalue weighted by Crippen LogP contribution is 2.35. The number of amides is 1. The van der Waals surface area contributed by atoms with E-state index in [0.29, 0.717) is 18.7 Å². The van der Waals surface area contributed by atoms with E-state index < -0.39 is 5.91 Å². The van der Waals surface area contributed by atoms with Crippen molar-refractivity contribution in [3.63, 3.8) is 0 Å². The zero-order valence-corrected chi connectivity index (χ0v) is 10.8. The highest BCUT2D eigenvalue weighted by atomic mass is 32.1. The van der Waals surface area contributed by atoms with Crippen molar-refractivity contribution < 1.29 is 14.6 Å². The van der Waals surface area contributed by atoms with Crippen LogP contribution in [-0.4, -0.2) is 47.3 Å². The van der Waals surface area contributed by atoms with Crippen LogP contribution in [0.5, 0.6) is 5.88 Å². The second-order valence-corrected chi connectivity index (χ2v) is 5.13. The average Bonchev–Trinajstić information content (AvgIpc) is 2.86. The molecular formula is C11H12N4O3S. The summed E-state index contributed by atoms with van der Waals surface area (Å²) in [6.07, 6.45) is 1.59. The number of thiazole rings is 1. The zero-order chi connectivity index (χ0) is 13.4. The van der Waals surface area contributed by atoms with Gasteiger partial charge in [0, 0.05) is 13.1 Å². The SMILES string of the molecule is NC(=O)c1nc2c(O)ncc(N3CCOCC3)c2s1. The summed E-state index contributed by atoms with van der Waals surface area (Å²) in [6, 6.07) is 0. The number of rotatable bonds is 2. The van der Waals surface area contributed by atoms with Gasteiger partial charge < -0.3 is 20.5 Å². The van der Waals surface area contributed by atoms with Crippen LogP contribution in [0.1, 0.15) is 9.80 Å². The van der Waals surface area contributed by atoms with Crippen molar-refractivity contribution in [3.05, 3.63) is 11.2 Å². The van der Waals surface area contributed by atoms with Crippen LogP contribution >= 0.6 is 11.3 Å². The summed E-state index contributed by atoms with van der Waals surface area (Å²) < 4.78 is 6.03. The van der Waals surface area contributed by atoms with Gasteiger partial charge in [-0.15, -0.1) is 11.3 Å². The Bertz CT molecular complexity index is 636. The van der Waals surface area contributed by atoms with E-state index in [1.54, 1.807) is 6.20 Å². The Morgan fingerprint density at radius 2 is 2.21 bits per heavy atom. The van der Waals surface area contributed by atoms with Gasteiger partial charge in [-0.1, -0.05) is 0 Å². The van der Waals surface area contributed by atoms with E-state index in [9.17, 15) is 9.90 Å². The summed E-state index contributed by atoms with van der Waals surface area (Å²) in [5.41, 5.74) is 6.40. The number of aromatic nitrogens is 2. The smallest absolute Gasteiger partial charge is 0.277 e. The summed E-state index contributed by atoms with van der Waals surface area (Å²) >= 11 is 1.17. The lowest BCUT2D eigenvalue weighted by atomic mass is 10.3. The van der Waals surface area contributed by atoms with E-state index in [0.717, 1.165) is 23.5 Å². The standard InChI is InChI=1S/C11H12N4O3S/c12-9(16)11-14-7-8(19-11)6(5-13-10(7)17)15-1-3-18-4-2-15/h5H,1-4H2,(H2,12,16)(H,13,17). The van der Waals surface area contributed by atoms with Crippen molar-refractivity contribution >= 4 is 33.1 Å². The van der Waals surface area contributed by atoms with Crippen LogP contribution in [-0.2, 0) is 4.74 Å². The molecule has 0 atom stereocenters. The second-order valence-electron chi connectivity index (χ2n) is 4.13. The zero-order valence-electron chi connectivity index (χ0n) is 10.00. The van der Waals surface area contributed by atoms with Gasteiger partial charge in [0.25, 0.3) is 5.91 Å². The Hall–Kier alpha value is -1.93. The molecule has 1 amide bonds. The Morgan fingerprint density at radius 1 is 1.47 bits per heavy atom. The van der Waals surface area contributed by atoms with E-state index in [4.69, 9.17) is 10.5 Å². The predicted octanol–water partition coefficient (Wildman–Crippen LogP) is 0.332. The summed E-state index contributed by atoms with van der Waals surface area (Å²) in [6.45, 7) is 2.77. The van der Waals surface area contributed by atoms with Gasteiger partial charge in [0.05, 0.1) is 29.8 Å². The number of carbonyl (C=O) groups excluding carboxylic acids is 1. The van der Waals surface area contributed by atoms with E-state index in [1.807, 2.05) is 0 Å². The average molecular weight is 280 g/mol. The van der Waals surface area contributed by atoms with Crippen LogP contribution in [0.25, 0.3) is 10.2 Å². The molecule has 0 aromatic carbocycles. The molecule has 3 rings (SSSR count). The number of anilines is 1. The third-order valence-corrected chi connectivity index (χ3v) is 4.04. The lowest BCUT2D eigenvalue weighted by Crippen LogP contribution is -2.36. The van der Waals surface area contributed by atoms with Crippen molar-refractivity contribution in [2.24, 2.45) is 5.73 Å². The number of hydrogen-bond acceptors (Lipinski definition) is 7. The molecule has 0 aliphatic carbocycles. The molecule has 1 saturated heterocycles. The van der Waals surface area contributed by atoms with Gasteiger partial charge in [-0.2, -0.15) is 0 Å². The first kappa shape index (κ1) is 12.1. The topological polar surface area (TPSA) is 102 Å². The Labute approximate surface area is 112 Å². The lowest BCUT2D eigenvalue weighted by molar-refractivity contribution is 0.1000. The van der Waals surface area contributed by atoms with Crippen LogP contribution < -0.4 is 10.6 Å². The van der Waals surface area contributed by atoms with Gasteiger partial charge in [0.1, 0.15) is 5.52 Å². The first-order valence-corrected chi connectivity index (χ1v) is 6.59. The third kappa shape index (κ3) is 2.08. The summed E-state index contributed by atoms with van der Waals surface area (Å²) in [7, 11) is 0. The van der Waals surface area contributed by atoms with Gasteiger partial charge in [0.2, 0.25) is 5.88 Å². The quantitative estimate of drug-likeness (QED) is 0.822. The fraction of sp³-hybridized carbons (Fsp3) is 0.364. The number of morpholine rings is 1. The van der Waals surface area contributed by atoms with E-state index in [1.165, 1.54) is 11.3 Å². The summed E-state index contributed by atoms with van der Waals surface area (Å²) in [5.74, 6) is -0.788. The molecule has 1 aliphatic heterocycles. The predicted molar refractivity (Wildman–Crippen MR) is 70.6 cm³/mol. The van der Waals surface area contributed by atoms with Gasteiger partial charge in [-0.05, 0) is 0 Å². The van der Waals surface area contributed by atoms with Crippen LogP contribution in [0.15, 0.2) is 6.20 Å². The number of fused-ring (bicyclic) bond motifs is 1. The van der Waals surface area contributed by atoms with Gasteiger partial charge in [-0.25, -0.2) is 9.97 Å². The van der Waals surface area contributed by atoms with Crippen LogP contribution in [0.2, 0.25) is 0 Å². The Morgan fingerprint density at radius 3 is 2.89 bits per heavy atom. The molecular weight excluding hydrogens is 268 g/mol. The Kier molecular flexibility index (Phi) is 2.96. The minimum Gasteiger partial charge on any atom is -0.492 e. The Balaban J connectivity index is 2.13. The number of primary amides is 1. The second kappa shape index (κ2) is 4.63. The molecule has 100 valence electrons. The number of hydrogen-bond donors (Lipinski definition) is 2. The normalized spacial score (nSPS) is 15.9. The number of carbonyl (C=O) groups is 1. The third-order valence-electron chi connectivity index (χ3n) is 2.94. The minimum atomic E-state index is -0.603. The highest BCUT2D eigenvalue weighted by Gasteiger charge is 2.20. The van der Waals surface area contributed by atoms with Crippen LogP contribution in [0.3, 0.4) is 0 Å². The molecule has 3 heterocycles. The molecule has 0 bridgehead atoms. The maximum absolute atomic E-state index is 11.2. The molecule has 1 fully saturated rings. The van der Waals surface area contributed by atoms with Crippen molar-refractivity contribution in [2.75, 3.05) is 31.2 Å². The van der Waals surface area contributed by atoms with Crippen molar-refractivity contribution in [3.8, 4) is 5.88 Å². The van der Waals surface area contributed by atoms with E-state index >= 15 is 0 Å². The van der Waals surface area contributed by atoms with Crippen molar-refractivity contribution in [1.29, 1.82) is 0 Å². The van der Waals surface area contributed by atoms with Gasteiger partial charge >= 0.3 is 0 Å². The molecule has 1 aliphatic rings. The first-order chi connectivity index (χ1) is 9.16. The molecule has 0 saturated carbocycles. The maximum atomic E-state index is 11.2. The van der Waals surface area contributed by atoms with Crippen molar-refractivity contribution in [1.82, 2.24) is 9.97 Å². The number of nitrogens with two attached hydrogens (primary N) is 1. The fourth-order valence-electron chi connectivity index (χ4n) is 2.02. The molecule has 0 spiro atoms. The summed E-state index contributed by atoms with van der Waals surface area (Å²) in [4.78, 5) is 21.3. The fourth-order valence-corrected chi connectivity index (χ4v) is 2.97. The van der Waals surface area contributed by atoms with Crippen LogP contribution in [0.4, 0.5) is 5.69 Å². The molecule has 19 heavy (non-hydrogen) atoms. The van der Waals surface area contributed by atoms with Gasteiger partial charge in [0.15, 0.2) is 5.01 Å². The van der Waals surface area contributed by atoms with Crippen molar-refractivity contribution in [2.45, 2.75) is 0 Å². The highest BCUT2D eigenvalue weighted by molar-refractivity contribution is 7.21. The number of pyridine rings is 1. The molecule has 2 aromatic rings. The van der Waals surface area contributed by atoms with E-state index in [2.05, 4.69) is 14.9 Å². The molecule has 3 N–H and O–H groups in total. The van der Waals surface area contributed by atoms with E-state index in [-0.39, 0.29) is 10.9 Å². The van der Waals surface area contributed by atoms with Crippen LogP contribution in [0, 0.1) is 0 Å². The monoisotopic (exact) mass is 280 g/mol. The molecule has 0 unspecified atom stereocenters. The first-order valence-electron chi connectivity index (χ1n) is 5.78. The largest absolute Gasteiger partial charge is 0.492 e. The molecule has 0 radical (unpaired) electrons. The molecule has 8 heteroatoms. The molecule has 2 aromatic heterocycles. The maximum Gasteiger partial charge on any atom is 0.277 e. The number of ether oxygens (including phenoxy) is 1. The summed E-state index contributed by atoms with van der Waals surface area (Å²) in [5, 5.41) is 9.90.